The van der Waals surface area contributed by atoms with Crippen molar-refractivity contribution >= 4 is 17.5 Å². The quantitative estimate of drug-likeness (QED) is 0.583. The number of amides is 1. The van der Waals surface area contributed by atoms with Crippen LogP contribution in [0.3, 0.4) is 0 Å². The molecule has 1 aromatic carbocycles. The van der Waals surface area contributed by atoms with Crippen molar-refractivity contribution in [3.63, 3.8) is 0 Å². The summed E-state index contributed by atoms with van der Waals surface area (Å²) in [6.45, 7) is 1.55. The van der Waals surface area contributed by atoms with Gasteiger partial charge in [0.25, 0.3) is 0 Å². The van der Waals surface area contributed by atoms with Gasteiger partial charge < -0.3 is 4.90 Å². The maximum absolute atomic E-state index is 11.9. The van der Waals surface area contributed by atoms with E-state index in [0.29, 0.717) is 12.3 Å². The van der Waals surface area contributed by atoms with Crippen molar-refractivity contribution in [1.29, 1.82) is 0 Å². The van der Waals surface area contributed by atoms with Crippen LogP contribution in [0.25, 0.3) is 0 Å². The van der Waals surface area contributed by atoms with E-state index in [1.807, 2.05) is 17.0 Å². The van der Waals surface area contributed by atoms with E-state index in [9.17, 15) is 4.79 Å². The molecule has 16 heavy (non-hydrogen) atoms. The lowest BCUT2D eigenvalue weighted by molar-refractivity contribution is -0.131. The summed E-state index contributed by atoms with van der Waals surface area (Å²) in [5, 5.41) is 0. The van der Waals surface area contributed by atoms with E-state index in [1.165, 1.54) is 11.1 Å². The lowest BCUT2D eigenvalue weighted by atomic mass is 10.1. The molecule has 1 aromatic rings. The van der Waals surface area contributed by atoms with E-state index in [0.717, 1.165) is 25.9 Å². The number of hydrogen-bond acceptors (Lipinski definition) is 1. The summed E-state index contributed by atoms with van der Waals surface area (Å²) in [6.07, 6.45) is 2.45. The molecule has 0 unspecified atom stereocenters. The van der Waals surface area contributed by atoms with Gasteiger partial charge in [-0.1, -0.05) is 24.3 Å². The maximum Gasteiger partial charge on any atom is 0.223 e. The lowest BCUT2D eigenvalue weighted by Gasteiger charge is -2.14. The van der Waals surface area contributed by atoms with Gasteiger partial charge in [0.15, 0.2) is 0 Å². The first kappa shape index (κ1) is 11.5. The van der Waals surface area contributed by atoms with Crippen molar-refractivity contribution in [3.8, 4) is 0 Å². The van der Waals surface area contributed by atoms with Gasteiger partial charge in [0, 0.05) is 25.4 Å². The number of fused-ring (bicyclic) bond motifs is 1. The van der Waals surface area contributed by atoms with Gasteiger partial charge in [0.1, 0.15) is 0 Å². The van der Waals surface area contributed by atoms with Gasteiger partial charge in [-0.15, -0.1) is 11.6 Å². The van der Waals surface area contributed by atoms with Gasteiger partial charge >= 0.3 is 0 Å². The van der Waals surface area contributed by atoms with Crippen LogP contribution in [0.1, 0.15) is 30.4 Å². The van der Waals surface area contributed by atoms with Crippen LogP contribution >= 0.6 is 11.6 Å². The zero-order valence-electron chi connectivity index (χ0n) is 9.29. The fourth-order valence-electron chi connectivity index (χ4n) is 2.04. The molecule has 0 bridgehead atoms. The van der Waals surface area contributed by atoms with Crippen LogP contribution < -0.4 is 0 Å². The second kappa shape index (κ2) is 5.35. The molecular weight excluding hydrogens is 222 g/mol. The summed E-state index contributed by atoms with van der Waals surface area (Å²) >= 11 is 5.59. The van der Waals surface area contributed by atoms with E-state index < -0.39 is 0 Å². The van der Waals surface area contributed by atoms with E-state index in [2.05, 4.69) is 12.1 Å². The number of nitrogens with zero attached hydrogens (tertiary/aromatic N) is 1. The number of carbonyl (C=O) groups is 1. The fraction of sp³-hybridized carbons (Fsp3) is 0.462. The van der Waals surface area contributed by atoms with Crippen LogP contribution in [0.4, 0.5) is 0 Å². The van der Waals surface area contributed by atoms with E-state index in [-0.39, 0.29) is 5.91 Å². The minimum Gasteiger partial charge on any atom is -0.334 e. The largest absolute Gasteiger partial charge is 0.334 e. The third-order valence-corrected chi connectivity index (χ3v) is 3.24. The minimum absolute atomic E-state index is 0.251. The smallest absolute Gasteiger partial charge is 0.223 e. The minimum atomic E-state index is 0.251. The van der Waals surface area contributed by atoms with Crippen LogP contribution in [0, 0.1) is 0 Å². The third kappa shape index (κ3) is 2.56. The Bertz CT molecular complexity index is 353. The van der Waals surface area contributed by atoms with Crippen molar-refractivity contribution in [1.82, 2.24) is 4.90 Å². The Labute approximate surface area is 101 Å². The fourth-order valence-corrected chi connectivity index (χ4v) is 2.23. The monoisotopic (exact) mass is 237 g/mol. The highest BCUT2D eigenvalue weighted by atomic mass is 35.5. The van der Waals surface area contributed by atoms with Crippen LogP contribution in [0.2, 0.25) is 0 Å². The van der Waals surface area contributed by atoms with Gasteiger partial charge in [-0.2, -0.15) is 0 Å². The molecule has 0 fully saturated rings. The van der Waals surface area contributed by atoms with Gasteiger partial charge in [0.2, 0.25) is 5.91 Å². The summed E-state index contributed by atoms with van der Waals surface area (Å²) in [6, 6.07) is 8.25. The second-order valence-electron chi connectivity index (χ2n) is 4.16. The Balaban J connectivity index is 1.88. The Morgan fingerprint density at radius 2 is 1.81 bits per heavy atom. The van der Waals surface area contributed by atoms with E-state index >= 15 is 0 Å². The van der Waals surface area contributed by atoms with Crippen molar-refractivity contribution in [2.24, 2.45) is 0 Å². The molecule has 1 aliphatic rings. The van der Waals surface area contributed by atoms with Crippen LogP contribution in [-0.2, 0) is 17.9 Å². The number of hydrogen-bond donors (Lipinski definition) is 0. The van der Waals surface area contributed by atoms with Crippen LogP contribution in [0.15, 0.2) is 24.3 Å². The molecule has 2 nitrogen and oxygen atoms in total. The summed E-state index contributed by atoms with van der Waals surface area (Å²) in [7, 11) is 0. The molecule has 0 atom stereocenters. The third-order valence-electron chi connectivity index (χ3n) is 2.97. The normalized spacial score (nSPS) is 13.9. The molecule has 1 aliphatic heterocycles. The lowest BCUT2D eigenvalue weighted by Crippen LogP contribution is -2.24. The van der Waals surface area contributed by atoms with Crippen LogP contribution in [0.5, 0.6) is 0 Å². The summed E-state index contributed by atoms with van der Waals surface area (Å²) < 4.78 is 0. The molecule has 86 valence electrons. The molecule has 1 heterocycles. The van der Waals surface area contributed by atoms with Crippen LogP contribution in [-0.4, -0.2) is 16.7 Å². The summed E-state index contributed by atoms with van der Waals surface area (Å²) in [5.41, 5.74) is 2.57. The molecule has 3 heteroatoms. The molecule has 0 radical (unpaired) electrons. The predicted molar refractivity (Wildman–Crippen MR) is 65.3 cm³/mol. The predicted octanol–water partition coefficient (Wildman–Crippen LogP) is 2.94. The topological polar surface area (TPSA) is 20.3 Å². The van der Waals surface area contributed by atoms with Gasteiger partial charge in [-0.25, -0.2) is 0 Å². The highest BCUT2D eigenvalue weighted by molar-refractivity contribution is 6.17. The molecule has 0 saturated carbocycles. The number of halogens is 1. The van der Waals surface area contributed by atoms with Gasteiger partial charge in [-0.3, -0.25) is 4.79 Å². The zero-order valence-corrected chi connectivity index (χ0v) is 10.0. The second-order valence-corrected chi connectivity index (χ2v) is 4.54. The number of rotatable bonds is 4. The average molecular weight is 238 g/mol. The standard InChI is InChI=1S/C13H16ClNO/c14-8-4-3-7-13(16)15-9-11-5-1-2-6-12(11)10-15/h1-2,5-6H,3-4,7-10H2. The molecule has 0 aromatic heterocycles. The molecule has 0 saturated heterocycles. The van der Waals surface area contributed by atoms with Crippen molar-refractivity contribution in [3.05, 3.63) is 35.4 Å². The number of benzene rings is 1. The summed E-state index contributed by atoms with van der Waals surface area (Å²) in [4.78, 5) is 13.8. The first-order valence-corrected chi connectivity index (χ1v) is 6.25. The molecule has 0 N–H and O–H groups in total. The Kier molecular flexibility index (Phi) is 3.83. The Morgan fingerprint density at radius 1 is 1.19 bits per heavy atom. The number of carbonyl (C=O) groups excluding carboxylic acids is 1. The van der Waals surface area contributed by atoms with E-state index in [1.54, 1.807) is 0 Å². The molecule has 2 rings (SSSR count). The van der Waals surface area contributed by atoms with E-state index in [4.69, 9.17) is 11.6 Å². The maximum atomic E-state index is 11.9. The average Bonchev–Trinajstić information content (AvgIpc) is 2.73. The number of unbranched alkanes of at least 4 members (excludes halogenated alkanes) is 1. The van der Waals surface area contributed by atoms with Crippen molar-refractivity contribution < 1.29 is 4.79 Å². The van der Waals surface area contributed by atoms with Crippen molar-refractivity contribution in [2.75, 3.05) is 5.88 Å². The SMILES string of the molecule is O=C(CCCCCl)N1Cc2ccccc2C1. The Hall–Kier alpha value is -1.02. The highest BCUT2D eigenvalue weighted by Crippen LogP contribution is 2.23. The molecule has 0 spiro atoms. The molecular formula is C13H16ClNO. The first-order valence-electron chi connectivity index (χ1n) is 5.72. The highest BCUT2D eigenvalue weighted by Gasteiger charge is 2.21. The Morgan fingerprint density at radius 3 is 2.38 bits per heavy atom. The van der Waals surface area contributed by atoms with Crippen molar-refractivity contribution in [2.45, 2.75) is 32.4 Å². The zero-order chi connectivity index (χ0) is 11.4. The number of alkyl halides is 1. The first-order chi connectivity index (χ1) is 7.81. The summed E-state index contributed by atoms with van der Waals surface area (Å²) in [5.74, 6) is 0.898. The molecule has 1 amide bonds. The molecule has 0 aliphatic carbocycles. The van der Waals surface area contributed by atoms with Gasteiger partial charge in [0.05, 0.1) is 0 Å². The van der Waals surface area contributed by atoms with Gasteiger partial charge in [-0.05, 0) is 24.0 Å².